The smallest absolute Gasteiger partial charge is 0.105 e. The summed E-state index contributed by atoms with van der Waals surface area (Å²) >= 11 is 0. The number of aliphatic imine (C=N–C) groups is 1. The second-order valence-corrected chi connectivity index (χ2v) is 2.17. The topological polar surface area (TPSA) is 63.1 Å². The minimum atomic E-state index is 0. The van der Waals surface area contributed by atoms with E-state index in [1.54, 1.807) is 12.4 Å². The van der Waals surface area contributed by atoms with Gasteiger partial charge in [-0.25, -0.2) is 4.99 Å². The quantitative estimate of drug-likeness (QED) is 0.565. The third-order valence-corrected chi connectivity index (χ3v) is 1.43. The molecule has 0 aliphatic carbocycles. The van der Waals surface area contributed by atoms with Gasteiger partial charge in [-0.15, -0.1) is 12.4 Å². The Morgan fingerprint density at radius 1 is 1.45 bits per heavy atom. The largest absolute Gasteiger partial charge is 0.387 e. The van der Waals surface area contributed by atoms with Crippen molar-refractivity contribution in [2.75, 3.05) is 0 Å². The van der Waals surface area contributed by atoms with Gasteiger partial charge in [-0.2, -0.15) is 10.2 Å². The summed E-state index contributed by atoms with van der Waals surface area (Å²) in [6, 6.07) is 0. The Balaban J connectivity index is 0.000000605. The Labute approximate surface area is 70.0 Å². The predicted molar refractivity (Wildman–Crippen MR) is 47.5 cm³/mol. The molecule has 0 bridgehead atoms. The maximum Gasteiger partial charge on any atom is 0.105 e. The number of rotatable bonds is 0. The van der Waals surface area contributed by atoms with Crippen LogP contribution in [0.3, 0.4) is 0 Å². The SMILES string of the molecule is Cl.NC1=NC=C2C=NN=C2C1. The van der Waals surface area contributed by atoms with Crippen LogP contribution in [0.15, 0.2) is 27.0 Å². The molecule has 5 heteroatoms. The monoisotopic (exact) mass is 170 g/mol. The van der Waals surface area contributed by atoms with E-state index in [2.05, 4.69) is 15.2 Å². The molecule has 0 saturated heterocycles. The van der Waals surface area contributed by atoms with Crippen LogP contribution in [0.1, 0.15) is 6.42 Å². The van der Waals surface area contributed by atoms with Gasteiger partial charge in [0.2, 0.25) is 0 Å². The second-order valence-electron chi connectivity index (χ2n) is 2.17. The summed E-state index contributed by atoms with van der Waals surface area (Å²) in [6.07, 6.45) is 4.01. The molecular weight excluding hydrogens is 164 g/mol. The lowest BCUT2D eigenvalue weighted by Crippen LogP contribution is -2.20. The van der Waals surface area contributed by atoms with Crippen LogP contribution < -0.4 is 5.73 Å². The lowest BCUT2D eigenvalue weighted by atomic mass is 10.1. The van der Waals surface area contributed by atoms with E-state index in [4.69, 9.17) is 5.73 Å². The number of allylic oxidation sites excluding steroid dienone is 1. The normalized spacial score (nSPS) is 19.5. The first-order valence-corrected chi connectivity index (χ1v) is 2.99. The van der Waals surface area contributed by atoms with Crippen molar-refractivity contribution in [2.45, 2.75) is 6.42 Å². The van der Waals surface area contributed by atoms with Crippen molar-refractivity contribution in [3.05, 3.63) is 11.8 Å². The van der Waals surface area contributed by atoms with Crippen molar-refractivity contribution in [2.24, 2.45) is 20.9 Å². The molecule has 0 saturated carbocycles. The van der Waals surface area contributed by atoms with E-state index in [-0.39, 0.29) is 12.4 Å². The molecule has 0 amide bonds. The maximum absolute atomic E-state index is 5.46. The van der Waals surface area contributed by atoms with Gasteiger partial charge in [0.05, 0.1) is 18.3 Å². The van der Waals surface area contributed by atoms with E-state index in [1.165, 1.54) is 0 Å². The molecule has 0 unspecified atom stereocenters. The first-order chi connectivity index (χ1) is 4.86. The maximum atomic E-state index is 5.46. The van der Waals surface area contributed by atoms with Crippen molar-refractivity contribution in [1.82, 2.24) is 0 Å². The molecule has 58 valence electrons. The van der Waals surface area contributed by atoms with E-state index < -0.39 is 0 Å². The highest BCUT2D eigenvalue weighted by Crippen LogP contribution is 2.11. The molecular formula is C6H7ClN4. The summed E-state index contributed by atoms with van der Waals surface area (Å²) in [7, 11) is 0. The molecule has 2 N–H and O–H groups in total. The van der Waals surface area contributed by atoms with Gasteiger partial charge >= 0.3 is 0 Å². The van der Waals surface area contributed by atoms with Crippen molar-refractivity contribution in [1.29, 1.82) is 0 Å². The summed E-state index contributed by atoms with van der Waals surface area (Å²) in [5, 5.41) is 7.59. The minimum absolute atomic E-state index is 0. The molecule has 0 aromatic heterocycles. The molecule has 2 heterocycles. The Bertz CT molecular complexity index is 287. The van der Waals surface area contributed by atoms with E-state index in [0.29, 0.717) is 12.3 Å². The van der Waals surface area contributed by atoms with Crippen molar-refractivity contribution in [3.63, 3.8) is 0 Å². The van der Waals surface area contributed by atoms with Gasteiger partial charge in [0.15, 0.2) is 0 Å². The Morgan fingerprint density at radius 3 is 3.09 bits per heavy atom. The fourth-order valence-corrected chi connectivity index (χ4v) is 0.908. The van der Waals surface area contributed by atoms with Crippen LogP contribution in [0, 0.1) is 0 Å². The predicted octanol–water partition coefficient (Wildman–Crippen LogP) is 0.493. The highest BCUT2D eigenvalue weighted by molar-refractivity contribution is 6.24. The lowest BCUT2D eigenvalue weighted by molar-refractivity contribution is 1.25. The van der Waals surface area contributed by atoms with E-state index in [0.717, 1.165) is 11.3 Å². The minimum Gasteiger partial charge on any atom is -0.387 e. The summed E-state index contributed by atoms with van der Waals surface area (Å²) in [6.45, 7) is 0. The standard InChI is InChI=1S/C6H6N4.ClH/c7-6-1-5-4(2-8-6)3-9-10-5;/h2-3H,1H2,(H2,7,8);1H. The van der Waals surface area contributed by atoms with Gasteiger partial charge in [0.25, 0.3) is 0 Å². The molecule has 0 atom stereocenters. The van der Waals surface area contributed by atoms with Crippen molar-refractivity contribution < 1.29 is 0 Å². The van der Waals surface area contributed by atoms with Gasteiger partial charge < -0.3 is 5.73 Å². The summed E-state index contributed by atoms with van der Waals surface area (Å²) in [5.41, 5.74) is 7.36. The number of amidine groups is 1. The first-order valence-electron chi connectivity index (χ1n) is 2.99. The fourth-order valence-electron chi connectivity index (χ4n) is 0.908. The van der Waals surface area contributed by atoms with Crippen LogP contribution in [0.2, 0.25) is 0 Å². The Hall–Kier alpha value is -1.16. The Morgan fingerprint density at radius 2 is 2.27 bits per heavy atom. The van der Waals surface area contributed by atoms with Crippen LogP contribution in [0.5, 0.6) is 0 Å². The highest BCUT2D eigenvalue weighted by atomic mass is 35.5. The molecule has 2 rings (SSSR count). The third kappa shape index (κ3) is 1.30. The van der Waals surface area contributed by atoms with Gasteiger partial charge in [0.1, 0.15) is 5.84 Å². The number of halogens is 1. The van der Waals surface area contributed by atoms with Crippen LogP contribution >= 0.6 is 12.4 Å². The fraction of sp³-hybridized carbons (Fsp3) is 0.167. The van der Waals surface area contributed by atoms with Crippen LogP contribution in [0.25, 0.3) is 0 Å². The summed E-state index contributed by atoms with van der Waals surface area (Å²) in [5.74, 6) is 0.605. The molecule has 2 aliphatic heterocycles. The Kier molecular flexibility index (Phi) is 2.05. The molecule has 0 spiro atoms. The molecule has 2 aliphatic rings. The lowest BCUT2D eigenvalue weighted by Gasteiger charge is -2.04. The number of hydrogen-bond donors (Lipinski definition) is 1. The molecule has 4 nitrogen and oxygen atoms in total. The molecule has 0 aromatic rings. The van der Waals surface area contributed by atoms with Crippen molar-refractivity contribution in [3.8, 4) is 0 Å². The van der Waals surface area contributed by atoms with E-state index >= 15 is 0 Å². The highest BCUT2D eigenvalue weighted by Gasteiger charge is 2.14. The summed E-state index contributed by atoms with van der Waals surface area (Å²) in [4.78, 5) is 3.93. The van der Waals surface area contributed by atoms with Gasteiger partial charge in [-0.1, -0.05) is 0 Å². The molecule has 0 aromatic carbocycles. The van der Waals surface area contributed by atoms with E-state index in [9.17, 15) is 0 Å². The van der Waals surface area contributed by atoms with Gasteiger partial charge in [0, 0.05) is 11.8 Å². The third-order valence-electron chi connectivity index (χ3n) is 1.43. The van der Waals surface area contributed by atoms with Crippen LogP contribution in [-0.2, 0) is 0 Å². The number of nitrogens with zero attached hydrogens (tertiary/aromatic N) is 3. The number of nitrogens with two attached hydrogens (primary N) is 1. The number of hydrogen-bond acceptors (Lipinski definition) is 4. The molecule has 0 radical (unpaired) electrons. The second kappa shape index (κ2) is 2.84. The van der Waals surface area contributed by atoms with Gasteiger partial charge in [-0.05, 0) is 0 Å². The van der Waals surface area contributed by atoms with Crippen LogP contribution in [0.4, 0.5) is 0 Å². The van der Waals surface area contributed by atoms with E-state index in [1.807, 2.05) is 0 Å². The number of fused-ring (bicyclic) bond motifs is 1. The zero-order valence-electron chi connectivity index (χ0n) is 5.69. The average molecular weight is 171 g/mol. The molecule has 0 fully saturated rings. The average Bonchev–Trinajstić information content (AvgIpc) is 2.33. The zero-order valence-corrected chi connectivity index (χ0v) is 6.51. The summed E-state index contributed by atoms with van der Waals surface area (Å²) < 4.78 is 0. The van der Waals surface area contributed by atoms with Crippen LogP contribution in [-0.4, -0.2) is 17.8 Å². The first kappa shape index (κ1) is 7.94. The van der Waals surface area contributed by atoms with Crippen molar-refractivity contribution >= 4 is 30.2 Å². The molecule has 11 heavy (non-hydrogen) atoms. The zero-order chi connectivity index (χ0) is 6.97. The van der Waals surface area contributed by atoms with Gasteiger partial charge in [-0.3, -0.25) is 0 Å².